The zero-order valence-corrected chi connectivity index (χ0v) is 17.2. The first-order valence-electron chi connectivity index (χ1n) is 9.79. The van der Waals surface area contributed by atoms with E-state index in [4.69, 9.17) is 9.73 Å². The standard InChI is InChI=1S/C21H36N4O/c1-6-22-20(23-16-21(2,3)17-24(4)5)25-14-12-19(13-15-25)26-18-10-8-7-9-11-18/h7-11,19H,6,12-17H2,1-5H3,(H,22,23). The highest BCUT2D eigenvalue weighted by Gasteiger charge is 2.24. The third-order valence-corrected chi connectivity index (χ3v) is 4.52. The molecule has 0 spiro atoms. The van der Waals surface area contributed by atoms with E-state index >= 15 is 0 Å². The zero-order chi connectivity index (χ0) is 19.0. The predicted molar refractivity (Wildman–Crippen MR) is 110 cm³/mol. The highest BCUT2D eigenvalue weighted by molar-refractivity contribution is 5.80. The second-order valence-electron chi connectivity index (χ2n) is 8.19. The van der Waals surface area contributed by atoms with Crippen molar-refractivity contribution in [2.75, 3.05) is 46.8 Å². The number of hydrogen-bond acceptors (Lipinski definition) is 3. The van der Waals surface area contributed by atoms with E-state index in [0.717, 1.165) is 57.3 Å². The fraction of sp³-hybridized carbons (Fsp3) is 0.667. The van der Waals surface area contributed by atoms with E-state index in [9.17, 15) is 0 Å². The average molecular weight is 361 g/mol. The van der Waals surface area contributed by atoms with Crippen LogP contribution in [0.5, 0.6) is 5.75 Å². The van der Waals surface area contributed by atoms with Crippen molar-refractivity contribution >= 4 is 5.96 Å². The Hall–Kier alpha value is -1.75. The molecule has 1 aliphatic rings. The van der Waals surface area contributed by atoms with Gasteiger partial charge in [0.1, 0.15) is 11.9 Å². The monoisotopic (exact) mass is 360 g/mol. The molecule has 0 radical (unpaired) electrons. The molecule has 1 aromatic rings. The molecule has 26 heavy (non-hydrogen) atoms. The van der Waals surface area contributed by atoms with Crippen LogP contribution in [-0.4, -0.2) is 68.7 Å². The summed E-state index contributed by atoms with van der Waals surface area (Å²) in [4.78, 5) is 9.54. The highest BCUT2D eigenvalue weighted by Crippen LogP contribution is 2.20. The number of para-hydroxylation sites is 1. The van der Waals surface area contributed by atoms with E-state index in [1.54, 1.807) is 0 Å². The molecule has 1 fully saturated rings. The van der Waals surface area contributed by atoms with Crippen molar-refractivity contribution in [3.63, 3.8) is 0 Å². The van der Waals surface area contributed by atoms with Crippen LogP contribution in [0, 0.1) is 5.41 Å². The maximum Gasteiger partial charge on any atom is 0.193 e. The fourth-order valence-corrected chi connectivity index (χ4v) is 3.50. The number of nitrogens with one attached hydrogen (secondary N) is 1. The Morgan fingerprint density at radius 3 is 2.46 bits per heavy atom. The molecule has 1 aromatic carbocycles. The van der Waals surface area contributed by atoms with Crippen LogP contribution < -0.4 is 10.1 Å². The second-order valence-corrected chi connectivity index (χ2v) is 8.19. The van der Waals surface area contributed by atoms with Gasteiger partial charge in [0, 0.05) is 45.6 Å². The minimum Gasteiger partial charge on any atom is -0.490 e. The molecule has 1 N–H and O–H groups in total. The Morgan fingerprint density at radius 2 is 1.88 bits per heavy atom. The van der Waals surface area contributed by atoms with Gasteiger partial charge in [-0.2, -0.15) is 0 Å². The van der Waals surface area contributed by atoms with Crippen LogP contribution in [0.3, 0.4) is 0 Å². The lowest BCUT2D eigenvalue weighted by atomic mass is 9.93. The summed E-state index contributed by atoms with van der Waals surface area (Å²) in [5, 5.41) is 3.46. The molecule has 0 aromatic heterocycles. The lowest BCUT2D eigenvalue weighted by molar-refractivity contribution is 0.129. The van der Waals surface area contributed by atoms with Gasteiger partial charge in [-0.15, -0.1) is 0 Å². The summed E-state index contributed by atoms with van der Waals surface area (Å²) >= 11 is 0. The molecule has 1 aliphatic heterocycles. The molecule has 2 rings (SSSR count). The summed E-state index contributed by atoms with van der Waals surface area (Å²) in [6, 6.07) is 10.1. The number of hydrogen-bond donors (Lipinski definition) is 1. The maximum atomic E-state index is 6.11. The number of nitrogens with zero attached hydrogens (tertiary/aromatic N) is 3. The Labute approximate surface area is 159 Å². The van der Waals surface area contributed by atoms with Crippen LogP contribution in [0.2, 0.25) is 0 Å². The zero-order valence-electron chi connectivity index (χ0n) is 17.2. The summed E-state index contributed by atoms with van der Waals surface area (Å²) in [7, 11) is 4.24. The van der Waals surface area contributed by atoms with Crippen molar-refractivity contribution in [1.29, 1.82) is 0 Å². The number of ether oxygens (including phenoxy) is 1. The van der Waals surface area contributed by atoms with E-state index in [2.05, 4.69) is 50.0 Å². The summed E-state index contributed by atoms with van der Waals surface area (Å²) in [5.74, 6) is 2.01. The largest absolute Gasteiger partial charge is 0.490 e. The smallest absolute Gasteiger partial charge is 0.193 e. The van der Waals surface area contributed by atoms with Gasteiger partial charge in [0.25, 0.3) is 0 Å². The molecular weight excluding hydrogens is 324 g/mol. The van der Waals surface area contributed by atoms with Crippen LogP contribution in [0.15, 0.2) is 35.3 Å². The number of likely N-dealkylation sites (tertiary alicyclic amines) is 1. The van der Waals surface area contributed by atoms with Crippen molar-refractivity contribution in [3.05, 3.63) is 30.3 Å². The average Bonchev–Trinajstić information content (AvgIpc) is 2.59. The molecule has 0 atom stereocenters. The lowest BCUT2D eigenvalue weighted by Gasteiger charge is -2.35. The number of piperidine rings is 1. The summed E-state index contributed by atoms with van der Waals surface area (Å²) in [5.41, 5.74) is 0.166. The van der Waals surface area contributed by atoms with Gasteiger partial charge in [0.2, 0.25) is 0 Å². The summed E-state index contributed by atoms with van der Waals surface area (Å²) in [6.07, 6.45) is 2.35. The number of benzene rings is 1. The van der Waals surface area contributed by atoms with Crippen molar-refractivity contribution in [2.24, 2.45) is 10.4 Å². The van der Waals surface area contributed by atoms with Crippen LogP contribution in [-0.2, 0) is 0 Å². The first kappa shape index (κ1) is 20.6. The van der Waals surface area contributed by atoms with Crippen molar-refractivity contribution in [1.82, 2.24) is 15.1 Å². The van der Waals surface area contributed by atoms with Gasteiger partial charge in [0.05, 0.1) is 0 Å². The molecule has 1 heterocycles. The quantitative estimate of drug-likeness (QED) is 0.599. The van der Waals surface area contributed by atoms with E-state index in [0.29, 0.717) is 6.10 Å². The topological polar surface area (TPSA) is 40.1 Å². The van der Waals surface area contributed by atoms with Gasteiger partial charge in [-0.1, -0.05) is 32.0 Å². The van der Waals surface area contributed by atoms with Gasteiger partial charge >= 0.3 is 0 Å². The van der Waals surface area contributed by atoms with Gasteiger partial charge in [-0.25, -0.2) is 0 Å². The van der Waals surface area contributed by atoms with E-state index in [1.165, 1.54) is 0 Å². The number of rotatable bonds is 7. The minimum absolute atomic E-state index is 0.166. The van der Waals surface area contributed by atoms with Crippen LogP contribution in [0.4, 0.5) is 0 Å². The summed E-state index contributed by atoms with van der Waals surface area (Å²) < 4.78 is 6.11. The van der Waals surface area contributed by atoms with Gasteiger partial charge in [0.15, 0.2) is 5.96 Å². The predicted octanol–water partition coefficient (Wildman–Crippen LogP) is 3.08. The number of aliphatic imine (C=N–C) groups is 1. The number of guanidine groups is 1. The molecule has 0 amide bonds. The Morgan fingerprint density at radius 1 is 1.23 bits per heavy atom. The molecule has 146 valence electrons. The SMILES string of the molecule is CCNC(=NCC(C)(C)CN(C)C)N1CCC(Oc2ccccc2)CC1. The van der Waals surface area contributed by atoms with Crippen molar-refractivity contribution in [2.45, 2.75) is 39.7 Å². The molecule has 5 heteroatoms. The summed E-state index contributed by atoms with van der Waals surface area (Å²) in [6.45, 7) is 11.4. The van der Waals surface area contributed by atoms with E-state index < -0.39 is 0 Å². The van der Waals surface area contributed by atoms with Crippen molar-refractivity contribution < 1.29 is 4.74 Å². The molecule has 0 unspecified atom stereocenters. The second kappa shape index (κ2) is 9.81. The molecular formula is C21H36N4O. The van der Waals surface area contributed by atoms with Crippen LogP contribution >= 0.6 is 0 Å². The normalized spacial score (nSPS) is 16.8. The third kappa shape index (κ3) is 6.87. The Balaban J connectivity index is 1.89. The third-order valence-electron chi connectivity index (χ3n) is 4.52. The van der Waals surface area contributed by atoms with Gasteiger partial charge in [-0.05, 0) is 38.6 Å². The first-order valence-corrected chi connectivity index (χ1v) is 9.79. The van der Waals surface area contributed by atoms with E-state index in [1.807, 2.05) is 30.3 Å². The van der Waals surface area contributed by atoms with Crippen LogP contribution in [0.1, 0.15) is 33.6 Å². The molecule has 5 nitrogen and oxygen atoms in total. The highest BCUT2D eigenvalue weighted by atomic mass is 16.5. The Bertz CT molecular complexity index is 548. The van der Waals surface area contributed by atoms with Gasteiger partial charge < -0.3 is 19.9 Å². The molecule has 0 saturated carbocycles. The van der Waals surface area contributed by atoms with Gasteiger partial charge in [-0.3, -0.25) is 4.99 Å². The molecule has 0 aliphatic carbocycles. The fourth-order valence-electron chi connectivity index (χ4n) is 3.50. The maximum absolute atomic E-state index is 6.11. The van der Waals surface area contributed by atoms with Crippen LogP contribution in [0.25, 0.3) is 0 Å². The van der Waals surface area contributed by atoms with Crippen molar-refractivity contribution in [3.8, 4) is 5.75 Å². The lowest BCUT2D eigenvalue weighted by Crippen LogP contribution is -2.48. The molecule has 0 bridgehead atoms. The first-order chi connectivity index (χ1) is 12.4. The van der Waals surface area contributed by atoms with E-state index in [-0.39, 0.29) is 5.41 Å². The molecule has 1 saturated heterocycles. The minimum atomic E-state index is 0.166. The Kier molecular flexibility index (Phi) is 7.76.